The summed E-state index contributed by atoms with van der Waals surface area (Å²) in [5.41, 5.74) is 2.61. The highest BCUT2D eigenvalue weighted by Gasteiger charge is 2.33. The number of aliphatic hydroxyl groups excluding tert-OH is 1. The zero-order valence-corrected chi connectivity index (χ0v) is 26.2. The maximum absolute atomic E-state index is 13.6. The predicted molar refractivity (Wildman–Crippen MR) is 179 cm³/mol. The Kier molecular flexibility index (Phi) is 12.7. The minimum absolute atomic E-state index is 0.140. The van der Waals surface area contributed by atoms with Gasteiger partial charge in [-0.2, -0.15) is 0 Å². The maximum Gasteiger partial charge on any atom is 0.305 e. The number of rotatable bonds is 16. The summed E-state index contributed by atoms with van der Waals surface area (Å²) in [5.74, 6) is -2.67. The molecule has 242 valence electrons. The largest absolute Gasteiger partial charge is 0.463 e. The van der Waals surface area contributed by atoms with Gasteiger partial charge in [0.15, 0.2) is 0 Å². The van der Waals surface area contributed by atoms with Crippen LogP contribution in [0.4, 0.5) is 5.69 Å². The summed E-state index contributed by atoms with van der Waals surface area (Å²) in [6, 6.07) is 19.4. The molecule has 0 fully saturated rings. The summed E-state index contributed by atoms with van der Waals surface area (Å²) in [4.78, 5) is 54.7. The number of hydrogen-bond acceptors (Lipinski definition) is 6. The molecule has 3 N–H and O–H groups in total. The molecule has 4 rings (SSSR count). The van der Waals surface area contributed by atoms with Gasteiger partial charge in [-0.05, 0) is 66.1 Å². The van der Waals surface area contributed by atoms with Crippen molar-refractivity contribution in [1.29, 1.82) is 0 Å². The number of amides is 3. The van der Waals surface area contributed by atoms with Crippen LogP contribution >= 0.6 is 0 Å². The molecule has 1 aliphatic rings. The van der Waals surface area contributed by atoms with Gasteiger partial charge in [-0.3, -0.25) is 19.2 Å². The number of hydrogen-bond donors (Lipinski definition) is 3. The Morgan fingerprint density at radius 1 is 0.935 bits per heavy atom. The highest BCUT2D eigenvalue weighted by molar-refractivity contribution is 5.99. The quantitative estimate of drug-likeness (QED) is 0.116. The van der Waals surface area contributed by atoms with E-state index in [0.29, 0.717) is 25.1 Å². The lowest BCUT2D eigenvalue weighted by atomic mass is 9.92. The third kappa shape index (κ3) is 9.37. The molecule has 0 saturated carbocycles. The van der Waals surface area contributed by atoms with Crippen molar-refractivity contribution < 1.29 is 29.0 Å². The van der Waals surface area contributed by atoms with Crippen LogP contribution in [0.25, 0.3) is 10.8 Å². The second-order valence-corrected chi connectivity index (χ2v) is 11.6. The first kappa shape index (κ1) is 34.1. The molecule has 3 aromatic rings. The van der Waals surface area contributed by atoms with Crippen LogP contribution in [0.1, 0.15) is 49.7 Å². The van der Waals surface area contributed by atoms with Crippen molar-refractivity contribution in [3.8, 4) is 0 Å². The number of unbranched alkanes of at least 4 members (excludes halogenated alkanes) is 2. The Balaban J connectivity index is 1.46. The van der Waals surface area contributed by atoms with Crippen molar-refractivity contribution in [3.05, 3.63) is 103 Å². The molecular formula is C37H43N3O6. The van der Waals surface area contributed by atoms with Crippen LogP contribution in [0.15, 0.2) is 92.0 Å². The number of fused-ring (bicyclic) bond motifs is 2. The van der Waals surface area contributed by atoms with Crippen LogP contribution in [-0.2, 0) is 36.9 Å². The molecule has 0 radical (unpaired) electrons. The number of allylic oxidation sites excluding steroid dienone is 2. The summed E-state index contributed by atoms with van der Waals surface area (Å²) in [5, 5.41) is 17.5. The Morgan fingerprint density at radius 2 is 1.67 bits per heavy atom. The van der Waals surface area contributed by atoms with E-state index < -0.39 is 35.8 Å². The van der Waals surface area contributed by atoms with Crippen LogP contribution in [0.3, 0.4) is 0 Å². The Labute approximate surface area is 270 Å². The predicted octanol–water partition coefficient (Wildman–Crippen LogP) is 5.08. The minimum Gasteiger partial charge on any atom is -0.463 e. The number of aliphatic hydroxyl groups is 1. The zero-order valence-electron chi connectivity index (χ0n) is 26.2. The average molecular weight is 626 g/mol. The topological polar surface area (TPSA) is 125 Å². The molecule has 1 aliphatic heterocycles. The molecule has 0 spiro atoms. The Morgan fingerprint density at radius 3 is 2.41 bits per heavy atom. The lowest BCUT2D eigenvalue weighted by molar-refractivity contribution is -0.146. The smallest absolute Gasteiger partial charge is 0.305 e. The number of ether oxygens (including phenoxy) is 1. The summed E-state index contributed by atoms with van der Waals surface area (Å²) < 4.78 is 5.43. The number of nitrogens with zero attached hydrogens (tertiary/aromatic N) is 1. The Hall–Kier alpha value is -4.76. The molecule has 3 aromatic carbocycles. The fourth-order valence-electron chi connectivity index (χ4n) is 5.63. The van der Waals surface area contributed by atoms with Crippen molar-refractivity contribution in [2.45, 2.75) is 63.6 Å². The van der Waals surface area contributed by atoms with Gasteiger partial charge in [0, 0.05) is 25.1 Å². The number of nitrogens with one attached hydrogen (secondary N) is 2. The molecular weight excluding hydrogens is 582 g/mol. The van der Waals surface area contributed by atoms with Gasteiger partial charge >= 0.3 is 5.97 Å². The number of benzene rings is 3. The molecule has 0 saturated heterocycles. The molecule has 3 atom stereocenters. The van der Waals surface area contributed by atoms with Crippen LogP contribution < -0.4 is 10.6 Å². The first-order valence-corrected chi connectivity index (χ1v) is 15.8. The van der Waals surface area contributed by atoms with Gasteiger partial charge in [-0.1, -0.05) is 66.7 Å². The summed E-state index contributed by atoms with van der Waals surface area (Å²) >= 11 is 0. The number of carbonyl (C=O) groups excluding carboxylic acids is 4. The Bertz CT molecular complexity index is 1550. The van der Waals surface area contributed by atoms with Gasteiger partial charge in [0.05, 0.1) is 18.6 Å². The zero-order chi connectivity index (χ0) is 32.9. The van der Waals surface area contributed by atoms with E-state index in [2.05, 4.69) is 23.8 Å². The SMILES string of the molecule is C=CCCCCC(=O)OC[C@H](NC(=O)[C@H](CC=C)CC(=O)N1Cc2ccccc2C[C@H]1CO)C(=O)Nc1ccc2ccccc2c1. The third-order valence-electron chi connectivity index (χ3n) is 8.23. The lowest BCUT2D eigenvalue weighted by Crippen LogP contribution is -2.50. The second-order valence-electron chi connectivity index (χ2n) is 11.6. The summed E-state index contributed by atoms with van der Waals surface area (Å²) in [6.45, 7) is 7.21. The molecule has 9 heteroatoms. The monoisotopic (exact) mass is 625 g/mol. The van der Waals surface area contributed by atoms with Crippen LogP contribution in [0.2, 0.25) is 0 Å². The molecule has 0 unspecified atom stereocenters. The highest BCUT2D eigenvalue weighted by atomic mass is 16.5. The van der Waals surface area contributed by atoms with E-state index in [4.69, 9.17) is 4.74 Å². The standard InChI is InChI=1S/C37H43N3O6/c1-3-5-6-7-17-35(43)46-25-33(37(45)38-31-19-18-26-13-8-9-14-27(26)20-31)39-36(44)29(12-4-2)22-34(42)40-23-30-16-11-10-15-28(30)21-32(40)24-41/h3-4,8-11,13-16,18-20,29,32-33,41H,1-2,5-7,12,17,21-25H2,(H,38,45)(H,39,44)/t29-,32+,33+/m1/s1. The van der Waals surface area contributed by atoms with E-state index in [9.17, 15) is 24.3 Å². The van der Waals surface area contributed by atoms with Gasteiger partial charge in [-0.25, -0.2) is 0 Å². The average Bonchev–Trinajstić information content (AvgIpc) is 3.07. The van der Waals surface area contributed by atoms with E-state index >= 15 is 0 Å². The fourth-order valence-corrected chi connectivity index (χ4v) is 5.63. The van der Waals surface area contributed by atoms with E-state index in [1.54, 1.807) is 23.1 Å². The van der Waals surface area contributed by atoms with Gasteiger partial charge in [-0.15, -0.1) is 13.2 Å². The molecule has 0 bridgehead atoms. The fraction of sp³-hybridized carbons (Fsp3) is 0.351. The van der Waals surface area contributed by atoms with E-state index in [1.807, 2.05) is 60.7 Å². The van der Waals surface area contributed by atoms with Crippen molar-refractivity contribution in [1.82, 2.24) is 10.2 Å². The summed E-state index contributed by atoms with van der Waals surface area (Å²) in [6.07, 6.45) is 6.28. The van der Waals surface area contributed by atoms with Gasteiger partial charge in [0.2, 0.25) is 11.8 Å². The molecule has 1 heterocycles. The molecule has 9 nitrogen and oxygen atoms in total. The van der Waals surface area contributed by atoms with Crippen LogP contribution in [0, 0.1) is 5.92 Å². The maximum atomic E-state index is 13.6. The van der Waals surface area contributed by atoms with E-state index in [0.717, 1.165) is 34.7 Å². The summed E-state index contributed by atoms with van der Waals surface area (Å²) in [7, 11) is 0. The van der Waals surface area contributed by atoms with E-state index in [-0.39, 0.29) is 38.4 Å². The third-order valence-corrected chi connectivity index (χ3v) is 8.23. The van der Waals surface area contributed by atoms with Gasteiger partial charge < -0.3 is 25.4 Å². The molecule has 0 aliphatic carbocycles. The van der Waals surface area contributed by atoms with Gasteiger partial charge in [0.1, 0.15) is 12.6 Å². The minimum atomic E-state index is -1.20. The second kappa shape index (κ2) is 17.1. The van der Waals surface area contributed by atoms with Crippen LogP contribution in [0.5, 0.6) is 0 Å². The lowest BCUT2D eigenvalue weighted by Gasteiger charge is -2.36. The van der Waals surface area contributed by atoms with Crippen molar-refractivity contribution in [2.75, 3.05) is 18.5 Å². The molecule has 0 aromatic heterocycles. The first-order chi connectivity index (χ1) is 22.3. The number of anilines is 1. The number of esters is 1. The van der Waals surface area contributed by atoms with Crippen molar-refractivity contribution in [2.24, 2.45) is 5.92 Å². The highest BCUT2D eigenvalue weighted by Crippen LogP contribution is 2.25. The number of carbonyl (C=O) groups is 4. The normalized spacial score (nSPS) is 15.2. The van der Waals surface area contributed by atoms with Crippen molar-refractivity contribution >= 4 is 40.2 Å². The van der Waals surface area contributed by atoms with Crippen LogP contribution in [-0.4, -0.2) is 59.0 Å². The molecule has 46 heavy (non-hydrogen) atoms. The van der Waals surface area contributed by atoms with Gasteiger partial charge in [0.25, 0.3) is 5.91 Å². The van der Waals surface area contributed by atoms with E-state index in [1.165, 1.54) is 0 Å². The first-order valence-electron chi connectivity index (χ1n) is 15.8. The molecule has 3 amide bonds. The van der Waals surface area contributed by atoms with Crippen molar-refractivity contribution in [3.63, 3.8) is 0 Å².